The van der Waals surface area contributed by atoms with Crippen LogP contribution >= 0.6 is 11.6 Å². The number of nitrogens with zero attached hydrogens (tertiary/aromatic N) is 1. The average molecular weight is 259 g/mol. The number of rotatable bonds is 5. The number of halogens is 2. The standard InChI is InChI=1S/C11H12ClFN2O2/c1-3-4-7(2)14-10-5-8(12)9(13)6-11(10)15(16)17/h3,5-7,14H,1,4H2,2H3. The molecule has 6 heteroatoms. The molecule has 0 aliphatic rings. The van der Waals surface area contributed by atoms with Crippen LogP contribution in [0.2, 0.25) is 5.02 Å². The summed E-state index contributed by atoms with van der Waals surface area (Å²) in [5.74, 6) is -0.805. The number of hydrogen-bond acceptors (Lipinski definition) is 3. The van der Waals surface area contributed by atoms with Gasteiger partial charge in [-0.3, -0.25) is 10.1 Å². The first-order valence-corrected chi connectivity index (χ1v) is 5.34. The van der Waals surface area contributed by atoms with Crippen LogP contribution in [-0.2, 0) is 0 Å². The first kappa shape index (κ1) is 13.4. The Morgan fingerprint density at radius 3 is 2.88 bits per heavy atom. The summed E-state index contributed by atoms with van der Waals surface area (Å²) in [6.45, 7) is 5.41. The Hall–Kier alpha value is -1.62. The minimum Gasteiger partial charge on any atom is -0.377 e. The number of anilines is 1. The quantitative estimate of drug-likeness (QED) is 0.497. The molecule has 1 rings (SSSR count). The van der Waals surface area contributed by atoms with Crippen molar-refractivity contribution in [1.29, 1.82) is 0 Å². The molecule has 17 heavy (non-hydrogen) atoms. The third kappa shape index (κ3) is 3.42. The molecule has 0 spiro atoms. The van der Waals surface area contributed by atoms with Crippen LogP contribution < -0.4 is 5.32 Å². The summed E-state index contributed by atoms with van der Waals surface area (Å²) in [4.78, 5) is 10.1. The number of nitrogens with one attached hydrogen (secondary N) is 1. The van der Waals surface area contributed by atoms with E-state index in [2.05, 4.69) is 11.9 Å². The van der Waals surface area contributed by atoms with E-state index in [1.54, 1.807) is 6.08 Å². The lowest BCUT2D eigenvalue weighted by atomic mass is 10.2. The summed E-state index contributed by atoms with van der Waals surface area (Å²) in [5.41, 5.74) is -0.126. The average Bonchev–Trinajstić information content (AvgIpc) is 2.23. The largest absolute Gasteiger partial charge is 0.377 e. The lowest BCUT2D eigenvalue weighted by Gasteiger charge is -2.13. The van der Waals surface area contributed by atoms with Crippen molar-refractivity contribution >= 4 is 23.0 Å². The molecule has 1 aromatic rings. The fourth-order valence-electron chi connectivity index (χ4n) is 1.38. The number of benzene rings is 1. The highest BCUT2D eigenvalue weighted by molar-refractivity contribution is 6.31. The predicted molar refractivity (Wildman–Crippen MR) is 66.0 cm³/mol. The van der Waals surface area contributed by atoms with Crippen molar-refractivity contribution in [2.75, 3.05) is 5.32 Å². The van der Waals surface area contributed by atoms with Crippen molar-refractivity contribution in [3.8, 4) is 0 Å². The van der Waals surface area contributed by atoms with Crippen molar-refractivity contribution in [2.45, 2.75) is 19.4 Å². The van der Waals surface area contributed by atoms with E-state index >= 15 is 0 Å². The highest BCUT2D eigenvalue weighted by Gasteiger charge is 2.18. The van der Waals surface area contributed by atoms with Gasteiger partial charge in [0.05, 0.1) is 16.0 Å². The van der Waals surface area contributed by atoms with Crippen LogP contribution in [0.15, 0.2) is 24.8 Å². The van der Waals surface area contributed by atoms with E-state index in [0.717, 1.165) is 6.07 Å². The predicted octanol–water partition coefficient (Wildman–Crippen LogP) is 3.76. The second-order valence-corrected chi connectivity index (χ2v) is 4.02. The Bertz CT molecular complexity index is 451. The van der Waals surface area contributed by atoms with Gasteiger partial charge in [-0.1, -0.05) is 17.7 Å². The molecule has 0 heterocycles. The van der Waals surface area contributed by atoms with Gasteiger partial charge < -0.3 is 5.32 Å². The Kier molecular flexibility index (Phi) is 4.45. The third-order valence-electron chi connectivity index (χ3n) is 2.16. The number of nitro groups is 1. The van der Waals surface area contributed by atoms with Gasteiger partial charge in [0.15, 0.2) is 0 Å². The molecule has 1 N–H and O–H groups in total. The van der Waals surface area contributed by atoms with Crippen LogP contribution in [0.3, 0.4) is 0 Å². The number of hydrogen-bond donors (Lipinski definition) is 1. The molecular formula is C11H12ClFN2O2. The fourth-order valence-corrected chi connectivity index (χ4v) is 1.54. The monoisotopic (exact) mass is 258 g/mol. The van der Waals surface area contributed by atoms with Crippen molar-refractivity contribution in [3.05, 3.63) is 45.7 Å². The molecule has 92 valence electrons. The van der Waals surface area contributed by atoms with Crippen LogP contribution in [-0.4, -0.2) is 11.0 Å². The zero-order chi connectivity index (χ0) is 13.0. The summed E-state index contributed by atoms with van der Waals surface area (Å²) in [5, 5.41) is 13.5. The SMILES string of the molecule is C=CCC(C)Nc1cc(Cl)c(F)cc1[N+](=O)[O-]. The Balaban J connectivity index is 3.08. The molecule has 0 radical (unpaired) electrons. The molecule has 0 fully saturated rings. The molecular weight excluding hydrogens is 247 g/mol. The van der Waals surface area contributed by atoms with E-state index in [9.17, 15) is 14.5 Å². The zero-order valence-corrected chi connectivity index (χ0v) is 10.00. The normalized spacial score (nSPS) is 11.9. The van der Waals surface area contributed by atoms with E-state index in [0.29, 0.717) is 6.42 Å². The highest BCUT2D eigenvalue weighted by atomic mass is 35.5. The van der Waals surface area contributed by atoms with Crippen LogP contribution in [0.25, 0.3) is 0 Å². The molecule has 0 aliphatic carbocycles. The summed E-state index contributed by atoms with van der Waals surface area (Å²) in [7, 11) is 0. The minimum atomic E-state index is -0.805. The highest BCUT2D eigenvalue weighted by Crippen LogP contribution is 2.30. The van der Waals surface area contributed by atoms with Gasteiger partial charge in [-0.2, -0.15) is 0 Å². The molecule has 0 saturated carbocycles. The van der Waals surface area contributed by atoms with Gasteiger partial charge in [-0.05, 0) is 19.4 Å². The maximum atomic E-state index is 13.1. The van der Waals surface area contributed by atoms with Crippen molar-refractivity contribution in [3.63, 3.8) is 0 Å². The Morgan fingerprint density at radius 2 is 2.35 bits per heavy atom. The zero-order valence-electron chi connectivity index (χ0n) is 9.24. The maximum Gasteiger partial charge on any atom is 0.295 e. The first-order valence-electron chi connectivity index (χ1n) is 4.96. The van der Waals surface area contributed by atoms with E-state index in [-0.39, 0.29) is 22.4 Å². The summed E-state index contributed by atoms with van der Waals surface area (Å²) < 4.78 is 13.1. The molecule has 0 aliphatic heterocycles. The van der Waals surface area contributed by atoms with Crippen molar-refractivity contribution < 1.29 is 9.31 Å². The van der Waals surface area contributed by atoms with Gasteiger partial charge in [-0.15, -0.1) is 6.58 Å². The van der Waals surface area contributed by atoms with Crippen molar-refractivity contribution in [1.82, 2.24) is 0 Å². The second kappa shape index (κ2) is 5.63. The van der Waals surface area contributed by atoms with Crippen LogP contribution in [0.1, 0.15) is 13.3 Å². The molecule has 0 saturated heterocycles. The molecule has 1 aromatic carbocycles. The van der Waals surface area contributed by atoms with Gasteiger partial charge in [0, 0.05) is 6.04 Å². The number of nitro benzene ring substituents is 1. The van der Waals surface area contributed by atoms with Crippen LogP contribution in [0.5, 0.6) is 0 Å². The molecule has 4 nitrogen and oxygen atoms in total. The first-order chi connectivity index (χ1) is 7.95. The maximum absolute atomic E-state index is 13.1. The van der Waals surface area contributed by atoms with Gasteiger partial charge >= 0.3 is 0 Å². The second-order valence-electron chi connectivity index (χ2n) is 3.61. The van der Waals surface area contributed by atoms with Gasteiger partial charge in [0.1, 0.15) is 11.5 Å². The lowest BCUT2D eigenvalue weighted by Crippen LogP contribution is -2.15. The van der Waals surface area contributed by atoms with Gasteiger partial charge in [-0.25, -0.2) is 4.39 Å². The van der Waals surface area contributed by atoms with Gasteiger partial charge in [0.25, 0.3) is 5.69 Å². The van der Waals surface area contributed by atoms with E-state index in [1.807, 2.05) is 6.92 Å². The molecule has 1 unspecified atom stereocenters. The summed E-state index contributed by atoms with van der Waals surface area (Å²) in [6, 6.07) is 1.98. The molecule has 0 bridgehead atoms. The minimum absolute atomic E-state index is 0.0484. The lowest BCUT2D eigenvalue weighted by molar-refractivity contribution is -0.384. The third-order valence-corrected chi connectivity index (χ3v) is 2.45. The molecule has 1 atom stereocenters. The van der Waals surface area contributed by atoms with Crippen LogP contribution in [0.4, 0.5) is 15.8 Å². The smallest absolute Gasteiger partial charge is 0.295 e. The Morgan fingerprint density at radius 1 is 1.71 bits per heavy atom. The summed E-state index contributed by atoms with van der Waals surface area (Å²) >= 11 is 5.59. The fraction of sp³-hybridized carbons (Fsp3) is 0.273. The van der Waals surface area contributed by atoms with E-state index in [4.69, 9.17) is 11.6 Å². The van der Waals surface area contributed by atoms with E-state index in [1.165, 1.54) is 6.07 Å². The summed E-state index contributed by atoms with van der Waals surface area (Å²) in [6.07, 6.45) is 2.32. The van der Waals surface area contributed by atoms with Crippen molar-refractivity contribution in [2.24, 2.45) is 0 Å². The van der Waals surface area contributed by atoms with Gasteiger partial charge in [0.2, 0.25) is 0 Å². The molecule has 0 amide bonds. The van der Waals surface area contributed by atoms with Crippen LogP contribution in [0, 0.1) is 15.9 Å². The van der Waals surface area contributed by atoms with E-state index < -0.39 is 10.7 Å². The topological polar surface area (TPSA) is 55.2 Å². The Labute approximate surface area is 103 Å². The molecule has 0 aromatic heterocycles.